The first kappa shape index (κ1) is 20.5. The normalized spacial score (nSPS) is 18.0. The van der Waals surface area contributed by atoms with Crippen LogP contribution in [-0.2, 0) is 21.2 Å². The zero-order chi connectivity index (χ0) is 20.1. The van der Waals surface area contributed by atoms with Gasteiger partial charge in [-0.2, -0.15) is 4.31 Å². The highest BCUT2D eigenvalue weighted by atomic mass is 32.2. The Hall–Kier alpha value is -2.25. The minimum absolute atomic E-state index is 0.00764. The number of hydrogen-bond donors (Lipinski definition) is 1. The van der Waals surface area contributed by atoms with Gasteiger partial charge in [0, 0.05) is 13.1 Å². The van der Waals surface area contributed by atoms with Crippen LogP contribution < -0.4 is 5.32 Å². The maximum absolute atomic E-state index is 13.2. The third kappa shape index (κ3) is 4.77. The lowest BCUT2D eigenvalue weighted by atomic mass is 10.0. The molecule has 1 atom stereocenters. The Morgan fingerprint density at radius 3 is 2.46 bits per heavy atom. The molecule has 7 heteroatoms. The van der Waals surface area contributed by atoms with Gasteiger partial charge in [0.2, 0.25) is 15.9 Å². The second-order valence-corrected chi connectivity index (χ2v) is 9.00. The summed E-state index contributed by atoms with van der Waals surface area (Å²) < 4.78 is 40.3. The molecule has 2 aromatic carbocycles. The molecular weight excluding hydrogens is 379 g/mol. The molecule has 1 N–H and O–H groups in total. The van der Waals surface area contributed by atoms with E-state index in [1.807, 2.05) is 31.2 Å². The van der Waals surface area contributed by atoms with Crippen molar-refractivity contribution in [1.82, 2.24) is 9.62 Å². The van der Waals surface area contributed by atoms with Gasteiger partial charge in [-0.15, -0.1) is 0 Å². The van der Waals surface area contributed by atoms with Crippen molar-refractivity contribution in [1.29, 1.82) is 0 Å². The third-order valence-corrected chi connectivity index (χ3v) is 6.93. The van der Waals surface area contributed by atoms with E-state index in [4.69, 9.17) is 0 Å². The molecule has 150 valence electrons. The fraction of sp³-hybridized carbons (Fsp3) is 0.381. The highest BCUT2D eigenvalue weighted by Crippen LogP contribution is 2.25. The maximum Gasteiger partial charge on any atom is 0.243 e. The van der Waals surface area contributed by atoms with Crippen molar-refractivity contribution in [3.05, 3.63) is 65.5 Å². The van der Waals surface area contributed by atoms with Gasteiger partial charge in [-0.25, -0.2) is 12.8 Å². The Labute approximate surface area is 165 Å². The number of rotatable bonds is 6. The number of piperidine rings is 1. The minimum atomic E-state index is -3.85. The van der Waals surface area contributed by atoms with Gasteiger partial charge in [-0.1, -0.05) is 36.2 Å². The zero-order valence-corrected chi connectivity index (χ0v) is 16.7. The Bertz CT molecular complexity index is 912. The van der Waals surface area contributed by atoms with Gasteiger partial charge in [0.1, 0.15) is 11.9 Å². The van der Waals surface area contributed by atoms with E-state index in [1.165, 1.54) is 22.0 Å². The third-order valence-electron chi connectivity index (χ3n) is 5.01. The molecule has 2 aromatic rings. The molecule has 0 aromatic heterocycles. The van der Waals surface area contributed by atoms with Crippen LogP contribution in [0.15, 0.2) is 53.4 Å². The van der Waals surface area contributed by atoms with Crippen LogP contribution in [0, 0.1) is 12.7 Å². The van der Waals surface area contributed by atoms with Crippen molar-refractivity contribution in [2.24, 2.45) is 0 Å². The molecule has 0 saturated carbocycles. The van der Waals surface area contributed by atoms with Crippen LogP contribution in [0.5, 0.6) is 0 Å². The van der Waals surface area contributed by atoms with E-state index in [2.05, 4.69) is 5.32 Å². The summed E-state index contributed by atoms with van der Waals surface area (Å²) in [6, 6.07) is 12.1. The van der Waals surface area contributed by atoms with Gasteiger partial charge >= 0.3 is 0 Å². The highest BCUT2D eigenvalue weighted by Gasteiger charge is 2.37. The van der Waals surface area contributed by atoms with Gasteiger partial charge in [-0.05, 0) is 56.0 Å². The molecule has 28 heavy (non-hydrogen) atoms. The quantitative estimate of drug-likeness (QED) is 0.805. The lowest BCUT2D eigenvalue weighted by molar-refractivity contribution is -0.125. The summed E-state index contributed by atoms with van der Waals surface area (Å²) in [4.78, 5) is 12.7. The SMILES string of the molecule is Cc1ccc(CCNC(=O)[C@@H]2CCCCN2S(=O)(=O)c2ccc(F)cc2)cc1. The maximum atomic E-state index is 13.2. The number of sulfonamides is 1. The number of benzene rings is 2. The van der Waals surface area contributed by atoms with Crippen LogP contribution in [-0.4, -0.2) is 37.8 Å². The topological polar surface area (TPSA) is 66.5 Å². The molecule has 1 saturated heterocycles. The molecule has 1 heterocycles. The highest BCUT2D eigenvalue weighted by molar-refractivity contribution is 7.89. The summed E-state index contributed by atoms with van der Waals surface area (Å²) in [5, 5.41) is 2.87. The average Bonchev–Trinajstić information content (AvgIpc) is 2.70. The van der Waals surface area contributed by atoms with E-state index in [1.54, 1.807) is 0 Å². The smallest absolute Gasteiger partial charge is 0.243 e. The largest absolute Gasteiger partial charge is 0.354 e. The van der Waals surface area contributed by atoms with Crippen molar-refractivity contribution in [2.45, 2.75) is 43.5 Å². The van der Waals surface area contributed by atoms with Crippen molar-refractivity contribution < 1.29 is 17.6 Å². The van der Waals surface area contributed by atoms with E-state index in [0.717, 1.165) is 24.1 Å². The summed E-state index contributed by atoms with van der Waals surface area (Å²) >= 11 is 0. The van der Waals surface area contributed by atoms with Crippen LogP contribution >= 0.6 is 0 Å². The van der Waals surface area contributed by atoms with Gasteiger partial charge in [-0.3, -0.25) is 4.79 Å². The zero-order valence-electron chi connectivity index (χ0n) is 15.9. The summed E-state index contributed by atoms with van der Waals surface area (Å²) in [5.41, 5.74) is 2.29. The first-order chi connectivity index (χ1) is 13.4. The monoisotopic (exact) mass is 404 g/mol. The molecule has 1 fully saturated rings. The Morgan fingerprint density at radius 1 is 1.11 bits per heavy atom. The predicted octanol–water partition coefficient (Wildman–Crippen LogP) is 3.04. The van der Waals surface area contributed by atoms with Crippen LogP contribution in [0.1, 0.15) is 30.4 Å². The number of carbonyl (C=O) groups is 1. The van der Waals surface area contributed by atoms with Gasteiger partial charge in [0.15, 0.2) is 0 Å². The number of halogens is 1. The van der Waals surface area contributed by atoms with Crippen LogP contribution in [0.3, 0.4) is 0 Å². The van der Waals surface area contributed by atoms with Crippen molar-refractivity contribution in [3.8, 4) is 0 Å². The molecule has 1 aliphatic heterocycles. The van der Waals surface area contributed by atoms with Gasteiger partial charge in [0.05, 0.1) is 4.90 Å². The van der Waals surface area contributed by atoms with Crippen molar-refractivity contribution in [2.75, 3.05) is 13.1 Å². The summed E-state index contributed by atoms with van der Waals surface area (Å²) in [5.74, 6) is -0.777. The van der Waals surface area contributed by atoms with Gasteiger partial charge < -0.3 is 5.32 Å². The van der Waals surface area contributed by atoms with Crippen LogP contribution in [0.4, 0.5) is 4.39 Å². The fourth-order valence-corrected chi connectivity index (χ4v) is 5.06. The number of nitrogens with zero attached hydrogens (tertiary/aromatic N) is 1. The Balaban J connectivity index is 1.67. The summed E-state index contributed by atoms with van der Waals surface area (Å²) in [7, 11) is -3.85. The summed E-state index contributed by atoms with van der Waals surface area (Å²) in [6.45, 7) is 2.75. The van der Waals surface area contributed by atoms with E-state index in [-0.39, 0.29) is 17.3 Å². The lowest BCUT2D eigenvalue weighted by Crippen LogP contribution is -2.52. The van der Waals surface area contributed by atoms with E-state index < -0.39 is 21.9 Å². The molecule has 0 unspecified atom stereocenters. The molecule has 5 nitrogen and oxygen atoms in total. The van der Waals surface area contributed by atoms with E-state index >= 15 is 0 Å². The fourth-order valence-electron chi connectivity index (χ4n) is 3.40. The molecule has 0 spiro atoms. The van der Waals surface area contributed by atoms with E-state index in [0.29, 0.717) is 25.8 Å². The number of amides is 1. The number of carbonyl (C=O) groups excluding carboxylic acids is 1. The average molecular weight is 405 g/mol. The van der Waals surface area contributed by atoms with Crippen molar-refractivity contribution in [3.63, 3.8) is 0 Å². The number of nitrogens with one attached hydrogen (secondary N) is 1. The van der Waals surface area contributed by atoms with Crippen LogP contribution in [0.2, 0.25) is 0 Å². The predicted molar refractivity (Wildman–Crippen MR) is 106 cm³/mol. The lowest BCUT2D eigenvalue weighted by Gasteiger charge is -2.33. The standard InChI is InChI=1S/C21H25FN2O3S/c1-16-5-7-17(8-6-16)13-14-23-21(25)20-4-2-3-15-24(20)28(26,27)19-11-9-18(22)10-12-19/h5-12,20H,2-4,13-15H2,1H3,(H,23,25)/t20-/m0/s1. The number of hydrogen-bond acceptors (Lipinski definition) is 3. The Morgan fingerprint density at radius 2 is 1.79 bits per heavy atom. The first-order valence-electron chi connectivity index (χ1n) is 9.48. The second kappa shape index (κ2) is 8.84. The van der Waals surface area contributed by atoms with E-state index in [9.17, 15) is 17.6 Å². The molecule has 0 bridgehead atoms. The van der Waals surface area contributed by atoms with Crippen molar-refractivity contribution >= 4 is 15.9 Å². The minimum Gasteiger partial charge on any atom is -0.354 e. The second-order valence-electron chi connectivity index (χ2n) is 7.11. The van der Waals surface area contributed by atoms with Gasteiger partial charge in [0.25, 0.3) is 0 Å². The molecule has 1 aliphatic rings. The molecule has 0 radical (unpaired) electrons. The summed E-state index contributed by atoms with van der Waals surface area (Å²) in [6.07, 6.45) is 2.67. The molecule has 1 amide bonds. The Kier molecular flexibility index (Phi) is 6.46. The number of aryl methyl sites for hydroxylation is 1. The molecular formula is C21H25FN2O3S. The first-order valence-corrected chi connectivity index (χ1v) is 10.9. The molecule has 3 rings (SSSR count). The molecule has 0 aliphatic carbocycles. The van der Waals surface area contributed by atoms with Crippen LogP contribution in [0.25, 0.3) is 0 Å².